The number of rotatable bonds is 5. The zero-order chi connectivity index (χ0) is 33.3. The number of hydrogen-bond donors (Lipinski definition) is 5. The Hall–Kier alpha value is -2.07. The summed E-state index contributed by atoms with van der Waals surface area (Å²) in [7, 11) is 0. The maximum absolute atomic E-state index is 11.4. The van der Waals surface area contributed by atoms with Gasteiger partial charge in [0.05, 0.1) is 18.3 Å². The molecule has 2 aromatic rings. The molecule has 31 heavy (non-hydrogen) atoms. The first kappa shape index (κ1) is 12.2. The first-order valence-electron chi connectivity index (χ1n) is 14.3. The van der Waals surface area contributed by atoms with Crippen LogP contribution in [0.3, 0.4) is 0 Å². The Bertz CT molecular complexity index is 1400. The summed E-state index contributed by atoms with van der Waals surface area (Å²) < 4.78 is 110. The molecule has 0 bridgehead atoms. The summed E-state index contributed by atoms with van der Waals surface area (Å²) in [5.41, 5.74) is -6.37. The molecule has 0 unspecified atom stereocenters. The molecule has 5 atom stereocenters. The molecule has 0 radical (unpaired) electrons. The van der Waals surface area contributed by atoms with Crippen molar-refractivity contribution in [3.05, 3.63) is 57.4 Å². The fourth-order valence-electron chi connectivity index (χ4n) is 2.60. The van der Waals surface area contributed by atoms with Gasteiger partial charge in [0.25, 0.3) is 0 Å². The number of carboxylic acids is 1. The molecule has 5 N–H and O–H groups in total. The predicted octanol–water partition coefficient (Wildman–Crippen LogP) is 2.30. The fourth-order valence-corrected chi connectivity index (χ4v) is 2.92. The minimum absolute atomic E-state index is 1.01. The highest BCUT2D eigenvalue weighted by atomic mass is 35.5. The number of aliphatic hydroxyl groups is 3. The van der Waals surface area contributed by atoms with E-state index in [-0.39, 0.29) is 0 Å². The van der Waals surface area contributed by atoms with Crippen molar-refractivity contribution in [1.29, 1.82) is 0 Å². The highest BCUT2D eigenvalue weighted by Crippen LogP contribution is 2.39. The first-order chi connectivity index (χ1) is 19.5. The van der Waals surface area contributed by atoms with E-state index in [1.54, 1.807) is 0 Å². The largest absolute Gasteiger partial charge is 0.506 e. The molecule has 10 heteroatoms. The van der Waals surface area contributed by atoms with E-state index in [9.17, 15) is 30.3 Å². The monoisotopic (exact) mass is 484 g/mol. The van der Waals surface area contributed by atoms with E-state index in [0.717, 1.165) is 0 Å². The second kappa shape index (κ2) is 8.82. The third-order valence-electron chi connectivity index (χ3n) is 4.28. The highest BCUT2D eigenvalue weighted by molar-refractivity contribution is 6.32. The topological polar surface area (TPSA) is 137 Å². The smallest absolute Gasteiger partial charge is 0.335 e. The van der Waals surface area contributed by atoms with Crippen LogP contribution in [0.15, 0.2) is 36.3 Å². The number of ether oxygens (including phenoxy) is 2. The summed E-state index contributed by atoms with van der Waals surface area (Å²) in [6.07, 6.45) is -10.9. The zero-order valence-corrected chi connectivity index (χ0v) is 16.6. The van der Waals surface area contributed by atoms with Crippen molar-refractivity contribution in [3.63, 3.8) is 0 Å². The molecule has 0 saturated carbocycles. The number of benzene rings is 2. The number of phenols is 1. The Balaban J connectivity index is 2.44. The molecule has 1 heterocycles. The van der Waals surface area contributed by atoms with Gasteiger partial charge in [0.2, 0.25) is 6.29 Å². The molecule has 0 aliphatic carbocycles. The highest BCUT2D eigenvalue weighted by Gasteiger charge is 2.48. The lowest BCUT2D eigenvalue weighted by molar-refractivity contribution is -0.271. The summed E-state index contributed by atoms with van der Waals surface area (Å²) in [4.78, 5) is 11.4. The minimum atomic E-state index is -3.89. The van der Waals surface area contributed by atoms with Gasteiger partial charge in [-0.15, -0.1) is 0 Å². The summed E-state index contributed by atoms with van der Waals surface area (Å²) in [5, 5.41) is 47.4. The quantitative estimate of drug-likeness (QED) is 0.435. The number of carboxylic acid groups (broad SMARTS) is 1. The maximum Gasteiger partial charge on any atom is 0.335 e. The van der Waals surface area contributed by atoms with Gasteiger partial charge in [-0.3, -0.25) is 0 Å². The van der Waals surface area contributed by atoms with Gasteiger partial charge in [-0.1, -0.05) is 49.0 Å². The van der Waals surface area contributed by atoms with Crippen molar-refractivity contribution in [2.24, 2.45) is 0 Å². The zero-order valence-electron chi connectivity index (χ0n) is 27.1. The molecule has 168 valence electrons. The third-order valence-corrected chi connectivity index (χ3v) is 4.82. The third kappa shape index (κ3) is 4.59. The van der Waals surface area contributed by atoms with Gasteiger partial charge in [-0.05, 0) is 35.3 Å². The first-order valence-corrected chi connectivity index (χ1v) is 9.09. The summed E-state index contributed by atoms with van der Waals surface area (Å²) in [6.45, 7) is -7.78. The van der Waals surface area contributed by atoms with Gasteiger partial charge in [-0.2, -0.15) is 0 Å². The van der Waals surface area contributed by atoms with Crippen LogP contribution in [-0.2, 0) is 14.9 Å². The van der Waals surface area contributed by atoms with E-state index in [2.05, 4.69) is 0 Å². The molecule has 3 rings (SSSR count). The van der Waals surface area contributed by atoms with Gasteiger partial charge >= 0.3 is 5.97 Å². The SMILES string of the molecule is [2H]c1c([2H])c(C(c2c([2H])c([2H])c(O[C@@H]3O[C@H](C(=O)O)[C@@H](O)[C@H](O)[C@H]3O)c(Cl)c2[2H])(C([2H])([2H])[2H])C([2H])([2H])[2H])c([2H])c(Cl)c1O. The molecule has 2 aromatic carbocycles. The number of aliphatic carboxylic acids is 1. The number of halogens is 2. The Morgan fingerprint density at radius 1 is 1.06 bits per heavy atom. The van der Waals surface area contributed by atoms with Crippen LogP contribution in [0.1, 0.15) is 41.3 Å². The molecule has 1 saturated heterocycles. The van der Waals surface area contributed by atoms with Gasteiger partial charge in [0.1, 0.15) is 29.8 Å². The number of carbonyl (C=O) groups is 1. The van der Waals surface area contributed by atoms with Crippen LogP contribution >= 0.6 is 23.2 Å². The molecular formula is C21H22Cl2O8. The van der Waals surface area contributed by atoms with Gasteiger partial charge in [0.15, 0.2) is 6.10 Å². The van der Waals surface area contributed by atoms with Crippen molar-refractivity contribution in [2.45, 2.75) is 49.8 Å². The number of phenolic OH excluding ortho intramolecular Hbond substituents is 1. The standard InChI is InChI=1S/C21H22Cl2O8/c1-21(2,9-3-5-13(24)11(22)7-9)10-4-6-14(12(23)8-10)30-20-17(27)15(25)16(26)18(31-20)19(28)29/h3-8,15-18,20,24-27H,1-2H3,(H,28,29)/t15-,16-,17+,18-,20+/m0/s1/i1D3,2D3,3D,4D,5D,6D,7D,8D. The summed E-state index contributed by atoms with van der Waals surface area (Å²) in [5.74, 6) is -3.99. The molecule has 0 aromatic heterocycles. The Kier molecular flexibility index (Phi) is 3.48. The average Bonchev–Trinajstić information content (AvgIpc) is 2.89. The average molecular weight is 485 g/mol. The molecular weight excluding hydrogens is 451 g/mol. The second-order valence-corrected chi connectivity index (χ2v) is 7.16. The lowest BCUT2D eigenvalue weighted by Gasteiger charge is -2.38. The Labute approximate surface area is 205 Å². The van der Waals surface area contributed by atoms with Crippen LogP contribution in [0.5, 0.6) is 11.5 Å². The van der Waals surface area contributed by atoms with Crippen LogP contribution < -0.4 is 4.74 Å². The van der Waals surface area contributed by atoms with E-state index >= 15 is 0 Å². The molecule has 1 aliphatic heterocycles. The molecule has 1 fully saturated rings. The van der Waals surface area contributed by atoms with Crippen molar-refractivity contribution >= 4 is 29.2 Å². The van der Waals surface area contributed by atoms with Crippen LogP contribution in [0.2, 0.25) is 10.0 Å². The molecule has 0 amide bonds. The van der Waals surface area contributed by atoms with E-state index in [0.29, 0.717) is 0 Å². The van der Waals surface area contributed by atoms with E-state index < -0.39 is 125 Å². The van der Waals surface area contributed by atoms with Crippen LogP contribution in [0.4, 0.5) is 0 Å². The van der Waals surface area contributed by atoms with Crippen LogP contribution in [-0.4, -0.2) is 62.2 Å². The van der Waals surface area contributed by atoms with Gasteiger partial charge in [-0.25, -0.2) is 4.79 Å². The van der Waals surface area contributed by atoms with E-state index in [1.807, 2.05) is 0 Å². The van der Waals surface area contributed by atoms with Gasteiger partial charge in [0, 0.05) is 13.6 Å². The van der Waals surface area contributed by atoms with E-state index in [1.165, 1.54) is 0 Å². The minimum Gasteiger partial charge on any atom is -0.506 e. The molecule has 0 spiro atoms. The van der Waals surface area contributed by atoms with E-state index in [4.69, 9.17) is 49.1 Å². The molecule has 8 nitrogen and oxygen atoms in total. The fraction of sp³-hybridized carbons (Fsp3) is 0.381. The van der Waals surface area contributed by atoms with Crippen molar-refractivity contribution in [2.75, 3.05) is 0 Å². The molecule has 1 aliphatic rings. The Morgan fingerprint density at radius 3 is 2.29 bits per heavy atom. The maximum atomic E-state index is 11.4. The van der Waals surface area contributed by atoms with Crippen LogP contribution in [0, 0.1) is 0 Å². The van der Waals surface area contributed by atoms with Crippen LogP contribution in [0.25, 0.3) is 0 Å². The second-order valence-electron chi connectivity index (χ2n) is 6.41. The van der Waals surface area contributed by atoms with Crippen molar-refractivity contribution in [3.8, 4) is 11.5 Å². The lowest BCUT2D eigenvalue weighted by atomic mass is 9.78. The number of aliphatic hydroxyl groups excluding tert-OH is 3. The van der Waals surface area contributed by atoms with Gasteiger partial charge < -0.3 is 35.0 Å². The number of aromatic hydroxyl groups is 1. The summed E-state index contributed by atoms with van der Waals surface area (Å²) >= 11 is 12.1. The lowest BCUT2D eigenvalue weighted by Crippen LogP contribution is -2.61. The van der Waals surface area contributed by atoms with Crippen molar-refractivity contribution < 1.29 is 56.3 Å². The Morgan fingerprint density at radius 2 is 1.68 bits per heavy atom. The summed E-state index contributed by atoms with van der Waals surface area (Å²) in [6, 6.07) is -7.63. The normalized spacial score (nSPS) is 32.9. The predicted molar refractivity (Wildman–Crippen MR) is 112 cm³/mol. The van der Waals surface area contributed by atoms with Crippen molar-refractivity contribution in [1.82, 2.24) is 0 Å². The number of hydrogen-bond acceptors (Lipinski definition) is 7.